The van der Waals surface area contributed by atoms with Gasteiger partial charge in [0.1, 0.15) is 6.04 Å². The Kier molecular flexibility index (Phi) is 2.28. The second kappa shape index (κ2) is 3.21. The maximum absolute atomic E-state index is 10.3. The van der Waals surface area contributed by atoms with Gasteiger partial charge in [-0.2, -0.15) is 0 Å². The van der Waals surface area contributed by atoms with Crippen molar-refractivity contribution < 1.29 is 9.90 Å². The zero-order valence-electron chi connectivity index (χ0n) is 5.97. The van der Waals surface area contributed by atoms with Gasteiger partial charge in [-0.1, -0.05) is 0 Å². The summed E-state index contributed by atoms with van der Waals surface area (Å²) in [6.45, 7) is 0.322. The molecule has 1 heterocycles. The van der Waals surface area contributed by atoms with Gasteiger partial charge in [0.2, 0.25) is 0 Å². The lowest BCUT2D eigenvalue weighted by Gasteiger charge is -2.06. The molecule has 0 spiro atoms. The molecule has 0 aliphatic carbocycles. The molecule has 1 aromatic rings. The molecule has 1 atom stereocenters. The zero-order chi connectivity index (χ0) is 8.27. The van der Waals surface area contributed by atoms with Gasteiger partial charge in [-0.3, -0.25) is 4.79 Å². The van der Waals surface area contributed by atoms with E-state index in [1.54, 1.807) is 17.0 Å². The number of carboxylic acid groups (broad SMARTS) is 1. The number of nitrogens with two attached hydrogens (primary N) is 1. The number of carbonyl (C=O) groups is 1. The highest BCUT2D eigenvalue weighted by Crippen LogP contribution is 1.92. The number of hydrogen-bond donors (Lipinski definition) is 2. The molecular formula is C7H10N2O2. The summed E-state index contributed by atoms with van der Waals surface area (Å²) in [6, 6.07) is 2.84. The van der Waals surface area contributed by atoms with Gasteiger partial charge in [-0.15, -0.1) is 0 Å². The van der Waals surface area contributed by atoms with Crippen LogP contribution in [0.25, 0.3) is 0 Å². The van der Waals surface area contributed by atoms with Crippen LogP contribution in [0.2, 0.25) is 0 Å². The summed E-state index contributed by atoms with van der Waals surface area (Å²) in [4.78, 5) is 10.3. The standard InChI is InChI=1S/C7H10N2O2/c8-6(7(10)11)5-9-3-1-2-4-9/h1-4,6H,5,8H2,(H,10,11). The van der Waals surface area contributed by atoms with Crippen LogP contribution in [0.5, 0.6) is 0 Å². The second-order valence-electron chi connectivity index (χ2n) is 2.32. The third-order valence-electron chi connectivity index (χ3n) is 1.39. The molecule has 0 aliphatic heterocycles. The Balaban J connectivity index is 2.50. The Morgan fingerprint density at radius 1 is 1.55 bits per heavy atom. The van der Waals surface area contributed by atoms with Crippen LogP contribution in [0.4, 0.5) is 0 Å². The number of nitrogens with zero attached hydrogens (tertiary/aromatic N) is 1. The second-order valence-corrected chi connectivity index (χ2v) is 2.32. The van der Waals surface area contributed by atoms with Crippen LogP contribution in [0.15, 0.2) is 24.5 Å². The fourth-order valence-electron chi connectivity index (χ4n) is 0.797. The van der Waals surface area contributed by atoms with E-state index in [1.807, 2.05) is 12.1 Å². The molecule has 0 fully saturated rings. The molecule has 3 N–H and O–H groups in total. The third-order valence-corrected chi connectivity index (χ3v) is 1.39. The number of hydrogen-bond acceptors (Lipinski definition) is 2. The highest BCUT2D eigenvalue weighted by Gasteiger charge is 2.10. The van der Waals surface area contributed by atoms with Gasteiger partial charge < -0.3 is 15.4 Å². The molecule has 0 aromatic carbocycles. The van der Waals surface area contributed by atoms with E-state index in [9.17, 15) is 4.79 Å². The van der Waals surface area contributed by atoms with Crippen LogP contribution in [-0.4, -0.2) is 21.7 Å². The molecule has 0 aliphatic rings. The Labute approximate surface area is 64.2 Å². The van der Waals surface area contributed by atoms with E-state index in [0.29, 0.717) is 6.54 Å². The van der Waals surface area contributed by atoms with Crippen LogP contribution < -0.4 is 5.73 Å². The fourth-order valence-corrected chi connectivity index (χ4v) is 0.797. The fraction of sp³-hybridized carbons (Fsp3) is 0.286. The molecule has 1 aromatic heterocycles. The minimum absolute atomic E-state index is 0.322. The first-order valence-electron chi connectivity index (χ1n) is 3.29. The third kappa shape index (κ3) is 2.09. The van der Waals surface area contributed by atoms with E-state index in [4.69, 9.17) is 10.8 Å². The van der Waals surface area contributed by atoms with E-state index >= 15 is 0 Å². The average Bonchev–Trinajstić information content (AvgIpc) is 2.39. The molecule has 0 radical (unpaired) electrons. The smallest absolute Gasteiger partial charge is 0.322 e. The SMILES string of the molecule is NC(Cn1cccc1)C(=O)O. The van der Waals surface area contributed by atoms with E-state index in [0.717, 1.165) is 0 Å². The van der Waals surface area contributed by atoms with Crippen LogP contribution >= 0.6 is 0 Å². The topological polar surface area (TPSA) is 68.2 Å². The van der Waals surface area contributed by atoms with Crippen molar-refractivity contribution in [2.45, 2.75) is 12.6 Å². The quantitative estimate of drug-likeness (QED) is 0.638. The zero-order valence-corrected chi connectivity index (χ0v) is 5.97. The summed E-state index contributed by atoms with van der Waals surface area (Å²) in [5.41, 5.74) is 5.29. The number of aromatic nitrogens is 1. The molecule has 0 saturated heterocycles. The number of rotatable bonds is 3. The molecule has 0 amide bonds. The van der Waals surface area contributed by atoms with Crippen molar-refractivity contribution in [1.29, 1.82) is 0 Å². The van der Waals surface area contributed by atoms with E-state index in [-0.39, 0.29) is 0 Å². The molecule has 0 bridgehead atoms. The predicted molar refractivity (Wildman–Crippen MR) is 40.0 cm³/mol. The molecule has 4 heteroatoms. The van der Waals surface area contributed by atoms with Crippen molar-refractivity contribution in [3.05, 3.63) is 24.5 Å². The molecule has 11 heavy (non-hydrogen) atoms. The number of aliphatic carboxylic acids is 1. The van der Waals surface area contributed by atoms with Crippen molar-refractivity contribution in [2.75, 3.05) is 0 Å². The first kappa shape index (κ1) is 7.81. The van der Waals surface area contributed by atoms with Gasteiger partial charge in [0.15, 0.2) is 0 Å². The Bertz CT molecular complexity index is 231. The minimum atomic E-state index is -0.973. The Morgan fingerprint density at radius 2 is 2.09 bits per heavy atom. The minimum Gasteiger partial charge on any atom is -0.480 e. The summed E-state index contributed by atoms with van der Waals surface area (Å²) in [5, 5.41) is 8.44. The highest BCUT2D eigenvalue weighted by atomic mass is 16.4. The first-order valence-corrected chi connectivity index (χ1v) is 3.29. The maximum atomic E-state index is 10.3. The van der Waals surface area contributed by atoms with Crippen LogP contribution in [0.3, 0.4) is 0 Å². The first-order chi connectivity index (χ1) is 5.20. The molecule has 1 unspecified atom stereocenters. The number of carboxylic acids is 1. The molecule has 60 valence electrons. The van der Waals surface area contributed by atoms with Gasteiger partial charge >= 0.3 is 5.97 Å². The van der Waals surface area contributed by atoms with E-state index < -0.39 is 12.0 Å². The van der Waals surface area contributed by atoms with E-state index in [2.05, 4.69) is 0 Å². The summed E-state index contributed by atoms with van der Waals surface area (Å²) in [5.74, 6) is -0.973. The van der Waals surface area contributed by atoms with Gasteiger partial charge in [0.05, 0.1) is 0 Å². The Morgan fingerprint density at radius 3 is 2.55 bits per heavy atom. The van der Waals surface area contributed by atoms with Crippen molar-refractivity contribution >= 4 is 5.97 Å². The highest BCUT2D eigenvalue weighted by molar-refractivity contribution is 5.72. The van der Waals surface area contributed by atoms with Gasteiger partial charge in [-0.25, -0.2) is 0 Å². The lowest BCUT2D eigenvalue weighted by molar-refractivity contribution is -0.138. The average molecular weight is 154 g/mol. The summed E-state index contributed by atoms with van der Waals surface area (Å²) in [7, 11) is 0. The van der Waals surface area contributed by atoms with Crippen molar-refractivity contribution in [3.63, 3.8) is 0 Å². The normalized spacial score (nSPS) is 12.8. The lowest BCUT2D eigenvalue weighted by atomic mass is 10.3. The lowest BCUT2D eigenvalue weighted by Crippen LogP contribution is -2.34. The Hall–Kier alpha value is -1.29. The monoisotopic (exact) mass is 154 g/mol. The van der Waals surface area contributed by atoms with Crippen LogP contribution in [-0.2, 0) is 11.3 Å². The molecular weight excluding hydrogens is 144 g/mol. The molecule has 0 saturated carbocycles. The van der Waals surface area contributed by atoms with Gasteiger partial charge in [0, 0.05) is 18.9 Å². The van der Waals surface area contributed by atoms with Crippen molar-refractivity contribution in [1.82, 2.24) is 4.57 Å². The van der Waals surface area contributed by atoms with Crippen LogP contribution in [0.1, 0.15) is 0 Å². The van der Waals surface area contributed by atoms with Crippen LogP contribution in [0, 0.1) is 0 Å². The predicted octanol–water partition coefficient (Wildman–Crippen LogP) is -0.100. The largest absolute Gasteiger partial charge is 0.480 e. The van der Waals surface area contributed by atoms with Gasteiger partial charge in [0.25, 0.3) is 0 Å². The van der Waals surface area contributed by atoms with E-state index in [1.165, 1.54) is 0 Å². The van der Waals surface area contributed by atoms with Gasteiger partial charge in [-0.05, 0) is 12.1 Å². The summed E-state index contributed by atoms with van der Waals surface area (Å²) in [6.07, 6.45) is 3.56. The van der Waals surface area contributed by atoms with Crippen molar-refractivity contribution in [3.8, 4) is 0 Å². The summed E-state index contributed by atoms with van der Waals surface area (Å²) >= 11 is 0. The molecule has 1 rings (SSSR count). The summed E-state index contributed by atoms with van der Waals surface area (Å²) < 4.78 is 1.73. The van der Waals surface area contributed by atoms with Crippen molar-refractivity contribution in [2.24, 2.45) is 5.73 Å². The molecule has 4 nitrogen and oxygen atoms in total. The maximum Gasteiger partial charge on any atom is 0.322 e.